The number of hydrogen-bond acceptors (Lipinski definition) is 4. The van der Waals surface area contributed by atoms with Crippen molar-refractivity contribution < 1.29 is 18.3 Å². The molecule has 0 unspecified atom stereocenters. The number of rotatable bonds is 5. The number of halogens is 2. The van der Waals surface area contributed by atoms with Crippen LogP contribution in [-0.2, 0) is 11.4 Å². The number of carbonyl (C=O) groups is 1. The zero-order chi connectivity index (χ0) is 24.4. The van der Waals surface area contributed by atoms with E-state index in [9.17, 15) is 13.6 Å². The Morgan fingerprint density at radius 3 is 2.77 bits per heavy atom. The third kappa shape index (κ3) is 4.45. The summed E-state index contributed by atoms with van der Waals surface area (Å²) in [6.45, 7) is 2.52. The van der Waals surface area contributed by atoms with Crippen molar-refractivity contribution in [2.45, 2.75) is 32.4 Å². The number of nitrogens with zero attached hydrogens (tertiary/aromatic N) is 4. The number of ether oxygens (including phenoxy) is 1. The van der Waals surface area contributed by atoms with Gasteiger partial charge in [-0.15, -0.1) is 0 Å². The molecule has 3 heterocycles. The van der Waals surface area contributed by atoms with Crippen LogP contribution in [0.4, 0.5) is 8.78 Å². The van der Waals surface area contributed by atoms with Crippen LogP contribution in [0.3, 0.4) is 0 Å². The normalized spacial score (nSPS) is 15.2. The average Bonchev–Trinajstić information content (AvgIpc) is 3.50. The zero-order valence-electron chi connectivity index (χ0n) is 19.0. The number of fused-ring (bicyclic) bond motifs is 1. The summed E-state index contributed by atoms with van der Waals surface area (Å²) in [4.78, 5) is 23.5. The monoisotopic (exact) mass is 472 g/mol. The summed E-state index contributed by atoms with van der Waals surface area (Å²) in [5, 5.41) is 0. The van der Waals surface area contributed by atoms with Crippen molar-refractivity contribution in [3.63, 3.8) is 0 Å². The minimum atomic E-state index is -0.946. The maximum absolute atomic E-state index is 13.4. The van der Waals surface area contributed by atoms with Crippen LogP contribution < -0.4 is 4.74 Å². The van der Waals surface area contributed by atoms with E-state index in [4.69, 9.17) is 9.72 Å². The van der Waals surface area contributed by atoms with Crippen LogP contribution in [0.1, 0.15) is 37.2 Å². The minimum absolute atomic E-state index is 0.157. The Morgan fingerprint density at radius 1 is 1.17 bits per heavy atom. The minimum Gasteiger partial charge on any atom is -0.489 e. The molecular weight excluding hydrogens is 450 g/mol. The van der Waals surface area contributed by atoms with Crippen molar-refractivity contribution in [2.24, 2.45) is 0 Å². The van der Waals surface area contributed by atoms with Crippen molar-refractivity contribution in [3.8, 4) is 28.8 Å². The SMILES string of the molecule is CC#CC(=O)N1CCC[C@H]1c1nc(-c2ccc(COc3ccc(F)c(F)c3)cc2)c2cnccn12. The summed E-state index contributed by atoms with van der Waals surface area (Å²) in [5.74, 6) is 4.33. The quantitative estimate of drug-likeness (QED) is 0.386. The number of carbonyl (C=O) groups excluding carboxylic acids is 1. The molecule has 1 amide bonds. The number of imidazole rings is 1. The van der Waals surface area contributed by atoms with Gasteiger partial charge in [0.15, 0.2) is 11.6 Å². The first-order valence-corrected chi connectivity index (χ1v) is 11.3. The van der Waals surface area contributed by atoms with E-state index in [2.05, 4.69) is 16.8 Å². The van der Waals surface area contributed by atoms with E-state index in [1.807, 2.05) is 34.9 Å². The lowest BCUT2D eigenvalue weighted by atomic mass is 10.1. The van der Waals surface area contributed by atoms with Crippen LogP contribution in [0.5, 0.6) is 5.75 Å². The summed E-state index contributed by atoms with van der Waals surface area (Å²) in [6.07, 6.45) is 7.03. The second-order valence-electron chi connectivity index (χ2n) is 8.24. The molecule has 1 aliphatic rings. The Balaban J connectivity index is 1.41. The van der Waals surface area contributed by atoms with Crippen LogP contribution in [0, 0.1) is 23.5 Å². The third-order valence-electron chi connectivity index (χ3n) is 6.04. The van der Waals surface area contributed by atoms with E-state index in [-0.39, 0.29) is 24.3 Å². The van der Waals surface area contributed by atoms with E-state index in [0.717, 1.165) is 53.1 Å². The molecule has 0 spiro atoms. The molecule has 0 saturated carbocycles. The fourth-order valence-corrected chi connectivity index (χ4v) is 4.36. The Morgan fingerprint density at radius 2 is 2.00 bits per heavy atom. The van der Waals surface area contributed by atoms with Crippen molar-refractivity contribution in [3.05, 3.63) is 84.1 Å². The fourth-order valence-electron chi connectivity index (χ4n) is 4.36. The second kappa shape index (κ2) is 9.55. The van der Waals surface area contributed by atoms with E-state index >= 15 is 0 Å². The first kappa shape index (κ1) is 22.5. The molecule has 1 aliphatic heterocycles. The molecule has 6 nitrogen and oxygen atoms in total. The molecule has 1 atom stereocenters. The molecule has 1 saturated heterocycles. The van der Waals surface area contributed by atoms with E-state index in [0.29, 0.717) is 6.54 Å². The first-order chi connectivity index (χ1) is 17.0. The second-order valence-corrected chi connectivity index (χ2v) is 8.24. The lowest BCUT2D eigenvalue weighted by Crippen LogP contribution is -2.30. The number of benzene rings is 2. The predicted molar refractivity (Wildman–Crippen MR) is 126 cm³/mol. The molecule has 0 radical (unpaired) electrons. The standard InChI is InChI=1S/C27H22F2N4O2/c1-2-4-25(34)32-13-3-5-23(32)27-31-26(24-16-30-12-14-33(24)27)19-8-6-18(7-9-19)17-35-20-10-11-21(28)22(29)15-20/h6-12,14-16,23H,3,5,13,17H2,1H3/t23-/m0/s1. The molecule has 35 heavy (non-hydrogen) atoms. The highest BCUT2D eigenvalue weighted by molar-refractivity contribution is 5.94. The Hall–Kier alpha value is -4.25. The number of likely N-dealkylation sites (tertiary alicyclic amines) is 1. The Bertz CT molecular complexity index is 1450. The lowest BCUT2D eigenvalue weighted by Gasteiger charge is -2.21. The summed E-state index contributed by atoms with van der Waals surface area (Å²) >= 11 is 0. The summed E-state index contributed by atoms with van der Waals surface area (Å²) in [7, 11) is 0. The molecule has 2 aromatic heterocycles. The van der Waals surface area contributed by atoms with Gasteiger partial charge in [0.1, 0.15) is 18.2 Å². The van der Waals surface area contributed by atoms with Crippen molar-refractivity contribution in [2.75, 3.05) is 6.54 Å². The smallest absolute Gasteiger partial charge is 0.299 e. The summed E-state index contributed by atoms with van der Waals surface area (Å²) < 4.78 is 34.1. The molecule has 4 aromatic rings. The Kier molecular flexibility index (Phi) is 6.15. The van der Waals surface area contributed by atoms with Gasteiger partial charge in [0, 0.05) is 30.6 Å². The predicted octanol–water partition coefficient (Wildman–Crippen LogP) is 4.94. The van der Waals surface area contributed by atoms with Gasteiger partial charge in [0.05, 0.1) is 23.4 Å². The van der Waals surface area contributed by atoms with Crippen molar-refractivity contribution in [1.29, 1.82) is 0 Å². The van der Waals surface area contributed by atoms with Crippen molar-refractivity contribution in [1.82, 2.24) is 19.3 Å². The summed E-state index contributed by atoms with van der Waals surface area (Å²) in [5.41, 5.74) is 3.37. The molecule has 5 rings (SSSR count). The van der Waals surface area contributed by atoms with Gasteiger partial charge >= 0.3 is 0 Å². The van der Waals surface area contributed by atoms with Gasteiger partial charge in [-0.25, -0.2) is 13.8 Å². The molecule has 0 bridgehead atoms. The number of aromatic nitrogens is 3. The van der Waals surface area contributed by atoms with Crippen LogP contribution in [0.25, 0.3) is 16.8 Å². The largest absolute Gasteiger partial charge is 0.489 e. The Labute approximate surface area is 201 Å². The van der Waals surface area contributed by atoms with E-state index < -0.39 is 11.6 Å². The summed E-state index contributed by atoms with van der Waals surface area (Å²) in [6, 6.07) is 11.0. The van der Waals surface area contributed by atoms with Gasteiger partial charge in [-0.1, -0.05) is 30.2 Å². The lowest BCUT2D eigenvalue weighted by molar-refractivity contribution is -0.126. The fraction of sp³-hybridized carbons (Fsp3) is 0.222. The van der Waals surface area contributed by atoms with E-state index in [1.54, 1.807) is 24.2 Å². The molecule has 0 N–H and O–H groups in total. The first-order valence-electron chi connectivity index (χ1n) is 11.3. The number of hydrogen-bond donors (Lipinski definition) is 0. The zero-order valence-corrected chi connectivity index (χ0v) is 19.0. The van der Waals surface area contributed by atoms with Gasteiger partial charge in [-0.05, 0) is 43.4 Å². The third-order valence-corrected chi connectivity index (χ3v) is 6.04. The topological polar surface area (TPSA) is 59.7 Å². The van der Waals surface area contributed by atoms with Crippen LogP contribution in [0.15, 0.2) is 61.1 Å². The van der Waals surface area contributed by atoms with Crippen molar-refractivity contribution >= 4 is 11.4 Å². The maximum Gasteiger partial charge on any atom is 0.299 e. The molecular formula is C27H22F2N4O2. The molecule has 1 fully saturated rings. The van der Waals surface area contributed by atoms with Gasteiger partial charge in [0.2, 0.25) is 0 Å². The number of amides is 1. The van der Waals surface area contributed by atoms with Gasteiger partial charge in [0.25, 0.3) is 5.91 Å². The van der Waals surface area contributed by atoms with Gasteiger partial charge < -0.3 is 9.64 Å². The maximum atomic E-state index is 13.4. The molecule has 176 valence electrons. The van der Waals surface area contributed by atoms with E-state index in [1.165, 1.54) is 6.07 Å². The highest BCUT2D eigenvalue weighted by Crippen LogP contribution is 2.35. The highest BCUT2D eigenvalue weighted by atomic mass is 19.2. The molecule has 0 aliphatic carbocycles. The molecule has 2 aromatic carbocycles. The van der Waals surface area contributed by atoms with Crippen LogP contribution in [0.2, 0.25) is 0 Å². The average molecular weight is 472 g/mol. The van der Waals surface area contributed by atoms with Gasteiger partial charge in [-0.2, -0.15) is 0 Å². The van der Waals surface area contributed by atoms with Crippen LogP contribution >= 0.6 is 0 Å². The highest BCUT2D eigenvalue weighted by Gasteiger charge is 2.33. The van der Waals surface area contributed by atoms with Gasteiger partial charge in [-0.3, -0.25) is 14.2 Å². The van der Waals surface area contributed by atoms with Crippen LogP contribution in [-0.4, -0.2) is 31.7 Å². The molecule has 8 heteroatoms.